The van der Waals surface area contributed by atoms with Gasteiger partial charge in [0.15, 0.2) is 0 Å². The summed E-state index contributed by atoms with van der Waals surface area (Å²) in [5.74, 6) is 5.50. The van der Waals surface area contributed by atoms with Gasteiger partial charge in [0.1, 0.15) is 17.8 Å². The fourth-order valence-corrected chi connectivity index (χ4v) is 3.72. The lowest BCUT2D eigenvalue weighted by molar-refractivity contribution is 0.0324. The molecule has 0 aliphatic carbocycles. The standard InChI is InChI=1S/C25H32N4O4/c1-17-13-29(18(2)16-30)25(32)22-11-20(9-8-19(3)31)12-27-24(22)33-23(17)15-28(4)14-21-7-5-6-10-26-21/h5-7,10-12,17-19,23,30-31H,13-16H2,1-4H3/t17-,18-,19+,23+/m1/s1. The number of hydrogen-bond donors (Lipinski definition) is 2. The van der Waals surface area contributed by atoms with Gasteiger partial charge in [-0.25, -0.2) is 4.98 Å². The summed E-state index contributed by atoms with van der Waals surface area (Å²) in [6.07, 6.45) is 2.30. The molecule has 0 radical (unpaired) electrons. The van der Waals surface area contributed by atoms with Crippen LogP contribution < -0.4 is 4.74 Å². The molecular weight excluding hydrogens is 420 g/mol. The topological polar surface area (TPSA) is 99.0 Å². The number of aliphatic hydroxyl groups excluding tert-OH is 2. The van der Waals surface area contributed by atoms with Crippen LogP contribution >= 0.6 is 0 Å². The molecule has 0 saturated carbocycles. The highest BCUT2D eigenvalue weighted by Gasteiger charge is 2.34. The molecule has 1 aliphatic rings. The molecule has 8 heteroatoms. The van der Waals surface area contributed by atoms with E-state index < -0.39 is 6.10 Å². The SMILES string of the molecule is C[C@H](O)C#Cc1cnc2c(c1)C(=O)N([C@H](C)CO)C[C@@H](C)[C@H](CN(C)Cc1ccccn1)O2. The number of likely N-dealkylation sites (N-methyl/N-ethyl adjacent to an activating group) is 1. The maximum Gasteiger partial charge on any atom is 0.259 e. The normalized spacial score (nSPS) is 20.1. The highest BCUT2D eigenvalue weighted by atomic mass is 16.5. The Labute approximate surface area is 195 Å². The molecule has 2 aromatic heterocycles. The molecule has 3 rings (SSSR count). The van der Waals surface area contributed by atoms with Crippen molar-refractivity contribution < 1.29 is 19.7 Å². The van der Waals surface area contributed by atoms with Gasteiger partial charge in [-0.15, -0.1) is 0 Å². The third kappa shape index (κ3) is 6.51. The number of ether oxygens (including phenoxy) is 1. The lowest BCUT2D eigenvalue weighted by atomic mass is 10.00. The monoisotopic (exact) mass is 452 g/mol. The Morgan fingerprint density at radius 3 is 2.79 bits per heavy atom. The quantitative estimate of drug-likeness (QED) is 0.642. The van der Waals surface area contributed by atoms with Gasteiger partial charge >= 0.3 is 0 Å². The van der Waals surface area contributed by atoms with E-state index in [4.69, 9.17) is 4.74 Å². The summed E-state index contributed by atoms with van der Waals surface area (Å²) in [7, 11) is 2.01. The fraction of sp³-hybridized carbons (Fsp3) is 0.480. The summed E-state index contributed by atoms with van der Waals surface area (Å²) >= 11 is 0. The molecule has 0 bridgehead atoms. The van der Waals surface area contributed by atoms with Crippen molar-refractivity contribution in [1.29, 1.82) is 0 Å². The van der Waals surface area contributed by atoms with Crippen molar-refractivity contribution in [3.63, 3.8) is 0 Å². The molecule has 33 heavy (non-hydrogen) atoms. The van der Waals surface area contributed by atoms with Gasteiger partial charge < -0.3 is 19.8 Å². The third-order valence-electron chi connectivity index (χ3n) is 5.60. The van der Waals surface area contributed by atoms with Gasteiger partial charge in [-0.1, -0.05) is 24.8 Å². The zero-order valence-electron chi connectivity index (χ0n) is 19.6. The Balaban J connectivity index is 1.91. The van der Waals surface area contributed by atoms with Crippen molar-refractivity contribution in [3.8, 4) is 17.7 Å². The van der Waals surface area contributed by atoms with E-state index in [0.29, 0.717) is 30.8 Å². The van der Waals surface area contributed by atoms with E-state index >= 15 is 0 Å². The van der Waals surface area contributed by atoms with Gasteiger partial charge in [0.25, 0.3) is 5.91 Å². The summed E-state index contributed by atoms with van der Waals surface area (Å²) < 4.78 is 6.29. The zero-order valence-corrected chi connectivity index (χ0v) is 19.6. The lowest BCUT2D eigenvalue weighted by Gasteiger charge is -2.37. The summed E-state index contributed by atoms with van der Waals surface area (Å²) in [5, 5.41) is 19.2. The first-order valence-electron chi connectivity index (χ1n) is 11.1. The van der Waals surface area contributed by atoms with Gasteiger partial charge in [0.2, 0.25) is 5.88 Å². The molecule has 0 spiro atoms. The summed E-state index contributed by atoms with van der Waals surface area (Å²) in [6, 6.07) is 7.12. The molecular formula is C25H32N4O4. The molecule has 2 N–H and O–H groups in total. The van der Waals surface area contributed by atoms with Gasteiger partial charge in [0, 0.05) is 43.5 Å². The van der Waals surface area contributed by atoms with Crippen LogP contribution in [0.15, 0.2) is 36.7 Å². The Kier molecular flexibility index (Phi) is 8.39. The van der Waals surface area contributed by atoms with Gasteiger partial charge in [0.05, 0.1) is 18.3 Å². The first-order chi connectivity index (χ1) is 15.8. The number of aliphatic hydroxyl groups is 2. The molecule has 3 heterocycles. The second kappa shape index (κ2) is 11.2. The number of hydrogen-bond acceptors (Lipinski definition) is 7. The maximum atomic E-state index is 13.4. The van der Waals surface area contributed by atoms with Crippen molar-refractivity contribution in [3.05, 3.63) is 53.5 Å². The van der Waals surface area contributed by atoms with E-state index in [1.807, 2.05) is 39.1 Å². The fourth-order valence-electron chi connectivity index (χ4n) is 3.72. The molecule has 8 nitrogen and oxygen atoms in total. The smallest absolute Gasteiger partial charge is 0.259 e. The average molecular weight is 453 g/mol. The molecule has 176 valence electrons. The maximum absolute atomic E-state index is 13.4. The summed E-state index contributed by atoms with van der Waals surface area (Å²) in [5.41, 5.74) is 1.78. The Morgan fingerprint density at radius 2 is 2.12 bits per heavy atom. The summed E-state index contributed by atoms with van der Waals surface area (Å²) in [4.78, 5) is 26.0. The van der Waals surface area contributed by atoms with Crippen LogP contribution in [-0.4, -0.2) is 80.9 Å². The largest absolute Gasteiger partial charge is 0.472 e. The van der Waals surface area contributed by atoms with Crippen molar-refractivity contribution >= 4 is 5.91 Å². The molecule has 0 unspecified atom stereocenters. The van der Waals surface area contributed by atoms with Crippen molar-refractivity contribution in [1.82, 2.24) is 19.8 Å². The minimum absolute atomic E-state index is 0.00112. The predicted molar refractivity (Wildman–Crippen MR) is 125 cm³/mol. The van der Waals surface area contributed by atoms with Crippen molar-refractivity contribution in [2.75, 3.05) is 26.7 Å². The Hall–Kier alpha value is -2.99. The van der Waals surface area contributed by atoms with Gasteiger partial charge in [-0.3, -0.25) is 14.7 Å². The second-order valence-electron chi connectivity index (χ2n) is 8.66. The number of amides is 1. The third-order valence-corrected chi connectivity index (χ3v) is 5.60. The van der Waals surface area contributed by atoms with Crippen LogP contribution in [-0.2, 0) is 6.54 Å². The average Bonchev–Trinajstić information content (AvgIpc) is 2.80. The van der Waals surface area contributed by atoms with Crippen molar-refractivity contribution in [2.24, 2.45) is 5.92 Å². The van der Waals surface area contributed by atoms with E-state index in [9.17, 15) is 15.0 Å². The van der Waals surface area contributed by atoms with Crippen LogP contribution in [0.4, 0.5) is 0 Å². The minimum Gasteiger partial charge on any atom is -0.472 e. The zero-order chi connectivity index (χ0) is 24.0. The van der Waals surface area contributed by atoms with Crippen molar-refractivity contribution in [2.45, 2.75) is 45.6 Å². The highest BCUT2D eigenvalue weighted by Crippen LogP contribution is 2.27. The Morgan fingerprint density at radius 1 is 1.33 bits per heavy atom. The molecule has 0 saturated heterocycles. The first-order valence-corrected chi connectivity index (χ1v) is 11.1. The number of nitrogens with zero attached hydrogens (tertiary/aromatic N) is 4. The second-order valence-corrected chi connectivity index (χ2v) is 8.66. The highest BCUT2D eigenvalue weighted by molar-refractivity contribution is 5.97. The number of carbonyl (C=O) groups is 1. The van der Waals surface area contributed by atoms with E-state index in [2.05, 4.69) is 26.7 Å². The number of carbonyl (C=O) groups excluding carboxylic acids is 1. The van der Waals surface area contributed by atoms with Gasteiger partial charge in [-0.2, -0.15) is 0 Å². The van der Waals surface area contributed by atoms with E-state index in [0.717, 1.165) is 5.69 Å². The Bertz CT molecular complexity index is 1000. The van der Waals surface area contributed by atoms with E-state index in [1.54, 1.807) is 30.3 Å². The van der Waals surface area contributed by atoms with Crippen LogP contribution in [0.2, 0.25) is 0 Å². The van der Waals surface area contributed by atoms with Gasteiger partial charge in [-0.05, 0) is 39.1 Å². The molecule has 2 aromatic rings. The van der Waals surface area contributed by atoms with Crippen LogP contribution in [0.25, 0.3) is 0 Å². The van der Waals surface area contributed by atoms with Crippen LogP contribution in [0, 0.1) is 17.8 Å². The minimum atomic E-state index is -0.787. The number of pyridine rings is 2. The first kappa shape index (κ1) is 24.6. The van der Waals surface area contributed by atoms with Crippen LogP contribution in [0.5, 0.6) is 5.88 Å². The van der Waals surface area contributed by atoms with Crippen LogP contribution in [0.1, 0.15) is 42.4 Å². The number of fused-ring (bicyclic) bond motifs is 1. The molecule has 1 amide bonds. The molecule has 0 aromatic carbocycles. The lowest BCUT2D eigenvalue weighted by Crippen LogP contribution is -2.49. The molecule has 1 aliphatic heterocycles. The van der Waals surface area contributed by atoms with Crippen LogP contribution in [0.3, 0.4) is 0 Å². The molecule has 4 atom stereocenters. The van der Waals surface area contributed by atoms with E-state index in [-0.39, 0.29) is 36.5 Å². The molecule has 0 fully saturated rings. The predicted octanol–water partition coefficient (Wildman–Crippen LogP) is 1.56. The number of aromatic nitrogens is 2. The summed E-state index contributed by atoms with van der Waals surface area (Å²) in [6.45, 7) is 6.99. The number of rotatable bonds is 6. The van der Waals surface area contributed by atoms with E-state index in [1.165, 1.54) is 0 Å².